The molecule has 0 spiro atoms. The van der Waals surface area contributed by atoms with E-state index in [1.807, 2.05) is 6.07 Å². The number of hydrogen-bond acceptors (Lipinski definition) is 3. The molecule has 3 heteroatoms. The van der Waals surface area contributed by atoms with Crippen LogP contribution < -0.4 is 0 Å². The molecule has 0 aliphatic carbocycles. The van der Waals surface area contributed by atoms with Gasteiger partial charge in [0.25, 0.3) is 0 Å². The van der Waals surface area contributed by atoms with Crippen LogP contribution >= 0.6 is 0 Å². The van der Waals surface area contributed by atoms with Crippen molar-refractivity contribution in [3.63, 3.8) is 0 Å². The van der Waals surface area contributed by atoms with E-state index in [0.29, 0.717) is 13.2 Å². The van der Waals surface area contributed by atoms with Gasteiger partial charge in [0.05, 0.1) is 18.9 Å². The average molecular weight is 122 g/mol. The van der Waals surface area contributed by atoms with Crippen molar-refractivity contribution in [2.75, 3.05) is 0 Å². The fraction of sp³-hybridized carbons (Fsp3) is 0.333. The van der Waals surface area contributed by atoms with Crippen LogP contribution in [0.15, 0.2) is 12.3 Å². The average Bonchev–Trinajstić information content (AvgIpc) is 2.33. The summed E-state index contributed by atoms with van der Waals surface area (Å²) in [4.78, 5) is 0. The molecule has 1 aromatic rings. The number of hydrogen-bond donors (Lipinski definition) is 0. The Bertz CT molecular complexity index is 201. The second-order valence-corrected chi connectivity index (χ2v) is 2.00. The van der Waals surface area contributed by atoms with E-state index in [9.17, 15) is 0 Å². The lowest BCUT2D eigenvalue weighted by molar-refractivity contribution is 0.133. The summed E-state index contributed by atoms with van der Waals surface area (Å²) in [5.74, 6) is 0. The third kappa shape index (κ3) is 0.695. The smallest absolute Gasteiger partial charge is 0.0943 e. The van der Waals surface area contributed by atoms with Gasteiger partial charge in [-0.15, -0.1) is 0 Å². The van der Waals surface area contributed by atoms with Crippen LogP contribution in [-0.4, -0.2) is 10.2 Å². The summed E-state index contributed by atoms with van der Waals surface area (Å²) in [7, 11) is 0. The molecule has 0 saturated carbocycles. The maximum Gasteiger partial charge on any atom is 0.0943 e. The lowest BCUT2D eigenvalue weighted by atomic mass is 10.3. The van der Waals surface area contributed by atoms with E-state index in [1.165, 1.54) is 5.56 Å². The first kappa shape index (κ1) is 4.88. The molecule has 1 aromatic heterocycles. The highest BCUT2D eigenvalue weighted by Crippen LogP contribution is 2.14. The number of ether oxygens (including phenoxy) is 1. The summed E-state index contributed by atoms with van der Waals surface area (Å²) in [5, 5.41) is 7.61. The van der Waals surface area contributed by atoms with Gasteiger partial charge < -0.3 is 4.74 Å². The van der Waals surface area contributed by atoms with E-state index < -0.39 is 0 Å². The fourth-order valence-corrected chi connectivity index (χ4v) is 0.897. The molecule has 0 fully saturated rings. The molecule has 0 amide bonds. The van der Waals surface area contributed by atoms with Crippen molar-refractivity contribution in [1.29, 1.82) is 0 Å². The van der Waals surface area contributed by atoms with E-state index in [-0.39, 0.29) is 0 Å². The van der Waals surface area contributed by atoms with Gasteiger partial charge in [-0.2, -0.15) is 10.2 Å². The second-order valence-electron chi connectivity index (χ2n) is 2.00. The summed E-state index contributed by atoms with van der Waals surface area (Å²) in [6.07, 6.45) is 1.69. The van der Waals surface area contributed by atoms with Crippen LogP contribution in [0.4, 0.5) is 0 Å². The molecule has 3 nitrogen and oxygen atoms in total. The van der Waals surface area contributed by atoms with Crippen LogP contribution in [-0.2, 0) is 18.0 Å². The molecule has 9 heavy (non-hydrogen) atoms. The molecule has 0 aromatic carbocycles. The van der Waals surface area contributed by atoms with Crippen molar-refractivity contribution in [2.24, 2.45) is 0 Å². The van der Waals surface area contributed by atoms with Crippen LogP contribution in [0.2, 0.25) is 0 Å². The highest BCUT2D eigenvalue weighted by molar-refractivity contribution is 5.17. The van der Waals surface area contributed by atoms with Crippen LogP contribution in [0.5, 0.6) is 0 Å². The van der Waals surface area contributed by atoms with Gasteiger partial charge in [-0.05, 0) is 6.07 Å². The Balaban J connectivity index is 2.54. The van der Waals surface area contributed by atoms with Crippen molar-refractivity contribution in [3.05, 3.63) is 23.5 Å². The Morgan fingerprint density at radius 3 is 3.33 bits per heavy atom. The molecule has 0 unspecified atom stereocenters. The SMILES string of the molecule is c1cc2c(nn1)COC2. The van der Waals surface area contributed by atoms with E-state index in [1.54, 1.807) is 6.20 Å². The Morgan fingerprint density at radius 2 is 2.44 bits per heavy atom. The largest absolute Gasteiger partial charge is 0.370 e. The van der Waals surface area contributed by atoms with Gasteiger partial charge in [0.2, 0.25) is 0 Å². The highest BCUT2D eigenvalue weighted by Gasteiger charge is 2.10. The van der Waals surface area contributed by atoms with Gasteiger partial charge in [0, 0.05) is 11.8 Å². The van der Waals surface area contributed by atoms with E-state index >= 15 is 0 Å². The number of fused-ring (bicyclic) bond motifs is 1. The first-order valence-electron chi connectivity index (χ1n) is 2.84. The van der Waals surface area contributed by atoms with Crippen molar-refractivity contribution < 1.29 is 4.74 Å². The maximum absolute atomic E-state index is 5.11. The third-order valence-electron chi connectivity index (χ3n) is 1.39. The van der Waals surface area contributed by atoms with Crippen LogP contribution in [0.25, 0.3) is 0 Å². The molecule has 2 heterocycles. The molecule has 1 aliphatic heterocycles. The zero-order chi connectivity index (χ0) is 6.10. The predicted molar refractivity (Wildman–Crippen MR) is 30.5 cm³/mol. The molecule has 0 N–H and O–H groups in total. The number of nitrogens with zero attached hydrogens (tertiary/aromatic N) is 2. The molecule has 0 saturated heterocycles. The third-order valence-corrected chi connectivity index (χ3v) is 1.39. The van der Waals surface area contributed by atoms with Gasteiger partial charge in [-0.25, -0.2) is 0 Å². The van der Waals surface area contributed by atoms with Crippen molar-refractivity contribution in [3.8, 4) is 0 Å². The van der Waals surface area contributed by atoms with Crippen LogP contribution in [0, 0.1) is 0 Å². The monoisotopic (exact) mass is 122 g/mol. The van der Waals surface area contributed by atoms with E-state index in [2.05, 4.69) is 10.2 Å². The minimum absolute atomic E-state index is 0.628. The molecule has 1 aliphatic rings. The lowest BCUT2D eigenvalue weighted by Crippen LogP contribution is -1.88. The summed E-state index contributed by atoms with van der Waals surface area (Å²) in [6.45, 7) is 1.33. The molecule has 0 bridgehead atoms. The summed E-state index contributed by atoms with van der Waals surface area (Å²) in [6, 6.07) is 1.94. The molecule has 0 radical (unpaired) electrons. The number of aromatic nitrogens is 2. The minimum atomic E-state index is 0.628. The van der Waals surface area contributed by atoms with Crippen molar-refractivity contribution in [2.45, 2.75) is 13.2 Å². The van der Waals surface area contributed by atoms with E-state index in [4.69, 9.17) is 4.74 Å². The van der Waals surface area contributed by atoms with Gasteiger partial charge in [-0.3, -0.25) is 0 Å². The lowest BCUT2D eigenvalue weighted by Gasteiger charge is -1.88. The first-order chi connectivity index (χ1) is 4.47. The summed E-state index contributed by atoms with van der Waals surface area (Å²) < 4.78 is 5.11. The highest BCUT2D eigenvalue weighted by atomic mass is 16.5. The van der Waals surface area contributed by atoms with Crippen molar-refractivity contribution >= 4 is 0 Å². The quantitative estimate of drug-likeness (QED) is 0.502. The Hall–Kier alpha value is -0.960. The Labute approximate surface area is 52.7 Å². The second kappa shape index (κ2) is 1.77. The zero-order valence-electron chi connectivity index (χ0n) is 4.87. The Morgan fingerprint density at radius 1 is 1.44 bits per heavy atom. The molecular weight excluding hydrogens is 116 g/mol. The number of rotatable bonds is 0. The van der Waals surface area contributed by atoms with Gasteiger partial charge >= 0.3 is 0 Å². The van der Waals surface area contributed by atoms with Gasteiger partial charge in [0.1, 0.15) is 0 Å². The topological polar surface area (TPSA) is 35.0 Å². The van der Waals surface area contributed by atoms with Crippen molar-refractivity contribution in [1.82, 2.24) is 10.2 Å². The fourth-order valence-electron chi connectivity index (χ4n) is 0.897. The molecule has 0 atom stereocenters. The minimum Gasteiger partial charge on any atom is -0.370 e. The molecule has 2 rings (SSSR count). The maximum atomic E-state index is 5.11. The van der Waals surface area contributed by atoms with Crippen LogP contribution in [0.1, 0.15) is 11.3 Å². The van der Waals surface area contributed by atoms with E-state index in [0.717, 1.165) is 5.69 Å². The zero-order valence-corrected chi connectivity index (χ0v) is 4.87. The predicted octanol–water partition coefficient (Wildman–Crippen LogP) is 0.507. The summed E-state index contributed by atoms with van der Waals surface area (Å²) in [5.41, 5.74) is 2.16. The molecular formula is C6H6N2O. The first-order valence-corrected chi connectivity index (χ1v) is 2.84. The standard InChI is InChI=1S/C6H6N2O/c1-2-7-8-6-4-9-3-5(1)6/h1-2H,3-4H2. The van der Waals surface area contributed by atoms with Gasteiger partial charge in [0.15, 0.2) is 0 Å². The Kier molecular flexibility index (Phi) is 0.960. The molecule has 46 valence electrons. The normalized spacial score (nSPS) is 15.6. The summed E-state index contributed by atoms with van der Waals surface area (Å²) >= 11 is 0. The van der Waals surface area contributed by atoms with Crippen LogP contribution in [0.3, 0.4) is 0 Å². The van der Waals surface area contributed by atoms with Gasteiger partial charge in [-0.1, -0.05) is 0 Å².